The maximum atomic E-state index is 13.7. The van der Waals surface area contributed by atoms with Crippen LogP contribution in [0.4, 0.5) is 20.3 Å². The number of rotatable bonds is 3. The molecule has 1 aromatic heterocycles. The fraction of sp³-hybridized carbons (Fsp3) is 0. The molecule has 7 heteroatoms. The summed E-state index contributed by atoms with van der Waals surface area (Å²) in [5.74, 6) is -0.605. The third kappa shape index (κ3) is 3.31. The number of anilines is 2. The maximum Gasteiger partial charge on any atom is 0.163 e. The van der Waals surface area contributed by atoms with Crippen molar-refractivity contribution < 1.29 is 8.78 Å². The van der Waals surface area contributed by atoms with Gasteiger partial charge in [-0.25, -0.2) is 18.7 Å². The van der Waals surface area contributed by atoms with Crippen molar-refractivity contribution in [2.45, 2.75) is 0 Å². The van der Waals surface area contributed by atoms with E-state index < -0.39 is 11.6 Å². The molecule has 0 aliphatic carbocycles. The average Bonchev–Trinajstić information content (AvgIpc) is 2.54. The number of nitriles is 1. The van der Waals surface area contributed by atoms with Gasteiger partial charge in [-0.2, -0.15) is 5.26 Å². The zero-order valence-electron chi connectivity index (χ0n) is 12.1. The van der Waals surface area contributed by atoms with Crippen LogP contribution in [0.1, 0.15) is 5.56 Å². The molecule has 0 spiro atoms. The van der Waals surface area contributed by atoms with Gasteiger partial charge in [-0.15, -0.1) is 0 Å². The fourth-order valence-electron chi connectivity index (χ4n) is 2.12. The summed E-state index contributed by atoms with van der Waals surface area (Å²) in [7, 11) is 0. The molecular weight excluding hydrogens is 334 g/mol. The van der Waals surface area contributed by atoms with Crippen molar-refractivity contribution in [3.8, 4) is 17.5 Å². The van der Waals surface area contributed by atoms with Crippen molar-refractivity contribution >= 4 is 23.1 Å². The highest BCUT2D eigenvalue weighted by atomic mass is 35.5. The van der Waals surface area contributed by atoms with Crippen molar-refractivity contribution in [1.29, 1.82) is 5.26 Å². The van der Waals surface area contributed by atoms with Crippen molar-refractivity contribution in [2.24, 2.45) is 0 Å². The van der Waals surface area contributed by atoms with Crippen LogP contribution < -0.4 is 5.32 Å². The molecule has 0 bridgehead atoms. The van der Waals surface area contributed by atoms with Crippen LogP contribution in [-0.2, 0) is 0 Å². The molecule has 2 aromatic carbocycles. The minimum Gasteiger partial charge on any atom is -0.339 e. The number of halogens is 3. The standard InChI is InChI=1S/C17H9ClF2N4/c18-15-8-16(22-14-6-2-5-13(20)12(14)9-21)24-17(23-15)10-3-1-4-11(19)7-10/h1-8H,(H,22,23,24). The first-order chi connectivity index (χ1) is 11.6. The molecule has 3 rings (SSSR count). The molecule has 0 saturated heterocycles. The van der Waals surface area contributed by atoms with E-state index in [9.17, 15) is 8.78 Å². The molecule has 0 aliphatic heterocycles. The van der Waals surface area contributed by atoms with Crippen LogP contribution in [0.15, 0.2) is 48.5 Å². The number of nitrogens with one attached hydrogen (secondary N) is 1. The molecule has 0 saturated carbocycles. The Labute approximate surface area is 141 Å². The van der Waals surface area contributed by atoms with E-state index in [1.165, 1.54) is 36.4 Å². The summed E-state index contributed by atoms with van der Waals surface area (Å²) in [6.45, 7) is 0. The quantitative estimate of drug-likeness (QED) is 0.701. The molecule has 0 amide bonds. The lowest BCUT2D eigenvalue weighted by molar-refractivity contribution is 0.624. The SMILES string of the molecule is N#Cc1c(F)cccc1Nc1cc(Cl)nc(-c2cccc(F)c2)n1. The van der Waals surface area contributed by atoms with E-state index >= 15 is 0 Å². The smallest absolute Gasteiger partial charge is 0.163 e. The normalized spacial score (nSPS) is 10.2. The number of nitrogens with zero attached hydrogens (tertiary/aromatic N) is 3. The average molecular weight is 343 g/mol. The Morgan fingerprint density at radius 1 is 1.04 bits per heavy atom. The minimum atomic E-state index is -0.645. The van der Waals surface area contributed by atoms with Gasteiger partial charge in [0.2, 0.25) is 0 Å². The van der Waals surface area contributed by atoms with Crippen LogP contribution in [0, 0.1) is 23.0 Å². The molecule has 3 aromatic rings. The first kappa shape index (κ1) is 15.8. The van der Waals surface area contributed by atoms with Crippen molar-refractivity contribution in [3.63, 3.8) is 0 Å². The van der Waals surface area contributed by atoms with Gasteiger partial charge in [-0.05, 0) is 24.3 Å². The van der Waals surface area contributed by atoms with E-state index in [0.29, 0.717) is 5.56 Å². The fourth-order valence-corrected chi connectivity index (χ4v) is 2.30. The molecule has 0 unspecified atom stereocenters. The maximum absolute atomic E-state index is 13.7. The second-order valence-electron chi connectivity index (χ2n) is 4.81. The van der Waals surface area contributed by atoms with E-state index in [4.69, 9.17) is 16.9 Å². The zero-order valence-corrected chi connectivity index (χ0v) is 12.9. The second kappa shape index (κ2) is 6.60. The number of hydrogen-bond donors (Lipinski definition) is 1. The Kier molecular flexibility index (Phi) is 4.36. The van der Waals surface area contributed by atoms with Gasteiger partial charge < -0.3 is 5.32 Å². The van der Waals surface area contributed by atoms with Crippen molar-refractivity contribution in [1.82, 2.24) is 9.97 Å². The Balaban J connectivity index is 2.02. The van der Waals surface area contributed by atoms with Gasteiger partial charge in [0.05, 0.1) is 5.69 Å². The highest BCUT2D eigenvalue weighted by molar-refractivity contribution is 6.29. The lowest BCUT2D eigenvalue weighted by Gasteiger charge is -2.10. The molecule has 0 radical (unpaired) electrons. The molecular formula is C17H9ClF2N4. The Hall–Kier alpha value is -3.04. The molecule has 1 N–H and O–H groups in total. The Morgan fingerprint density at radius 3 is 2.58 bits per heavy atom. The molecule has 4 nitrogen and oxygen atoms in total. The van der Waals surface area contributed by atoms with E-state index in [1.807, 2.05) is 0 Å². The minimum absolute atomic E-state index is 0.127. The largest absolute Gasteiger partial charge is 0.339 e. The lowest BCUT2D eigenvalue weighted by Crippen LogP contribution is -2.00. The van der Waals surface area contributed by atoms with Gasteiger partial charge in [-0.3, -0.25) is 0 Å². The number of benzene rings is 2. The Morgan fingerprint density at radius 2 is 1.83 bits per heavy atom. The van der Waals surface area contributed by atoms with Crippen LogP contribution in [-0.4, -0.2) is 9.97 Å². The first-order valence-corrected chi connectivity index (χ1v) is 7.21. The van der Waals surface area contributed by atoms with Gasteiger partial charge in [-0.1, -0.05) is 29.8 Å². The van der Waals surface area contributed by atoms with E-state index in [-0.39, 0.29) is 28.0 Å². The molecule has 0 atom stereocenters. The van der Waals surface area contributed by atoms with Crippen LogP contribution in [0.2, 0.25) is 5.15 Å². The summed E-state index contributed by atoms with van der Waals surface area (Å²) in [5.41, 5.74) is 0.553. The third-order valence-electron chi connectivity index (χ3n) is 3.17. The van der Waals surface area contributed by atoms with Gasteiger partial charge in [0, 0.05) is 11.6 Å². The predicted octanol–water partition coefficient (Wildman–Crippen LogP) is 4.69. The third-order valence-corrected chi connectivity index (χ3v) is 3.36. The number of hydrogen-bond acceptors (Lipinski definition) is 4. The van der Waals surface area contributed by atoms with Crippen LogP contribution in [0.3, 0.4) is 0 Å². The molecule has 118 valence electrons. The van der Waals surface area contributed by atoms with E-state index in [0.717, 1.165) is 0 Å². The summed E-state index contributed by atoms with van der Waals surface area (Å²) in [5, 5.41) is 12.0. The molecule has 1 heterocycles. The van der Waals surface area contributed by atoms with Crippen molar-refractivity contribution in [3.05, 3.63) is 70.9 Å². The molecule has 0 aliphatic rings. The van der Waals surface area contributed by atoms with E-state index in [1.54, 1.807) is 18.2 Å². The summed E-state index contributed by atoms with van der Waals surface area (Å²) < 4.78 is 27.0. The van der Waals surface area contributed by atoms with Crippen LogP contribution in [0.5, 0.6) is 0 Å². The zero-order chi connectivity index (χ0) is 17.1. The van der Waals surface area contributed by atoms with Crippen LogP contribution >= 0.6 is 11.6 Å². The monoisotopic (exact) mass is 342 g/mol. The van der Waals surface area contributed by atoms with Gasteiger partial charge in [0.25, 0.3) is 0 Å². The van der Waals surface area contributed by atoms with Gasteiger partial charge in [0.15, 0.2) is 5.82 Å². The van der Waals surface area contributed by atoms with Crippen molar-refractivity contribution in [2.75, 3.05) is 5.32 Å². The molecule has 0 fully saturated rings. The first-order valence-electron chi connectivity index (χ1n) is 6.83. The Bertz CT molecular complexity index is 954. The van der Waals surface area contributed by atoms with Gasteiger partial charge >= 0.3 is 0 Å². The molecule has 24 heavy (non-hydrogen) atoms. The number of aromatic nitrogens is 2. The van der Waals surface area contributed by atoms with E-state index in [2.05, 4.69) is 15.3 Å². The lowest BCUT2D eigenvalue weighted by atomic mass is 10.2. The summed E-state index contributed by atoms with van der Waals surface area (Å²) in [6, 6.07) is 13.2. The predicted molar refractivity (Wildman–Crippen MR) is 86.8 cm³/mol. The highest BCUT2D eigenvalue weighted by Crippen LogP contribution is 2.25. The highest BCUT2D eigenvalue weighted by Gasteiger charge is 2.11. The van der Waals surface area contributed by atoms with Crippen LogP contribution in [0.25, 0.3) is 11.4 Å². The summed E-state index contributed by atoms with van der Waals surface area (Å²) in [6.07, 6.45) is 0. The topological polar surface area (TPSA) is 61.6 Å². The second-order valence-corrected chi connectivity index (χ2v) is 5.20. The summed E-state index contributed by atoms with van der Waals surface area (Å²) in [4.78, 5) is 8.30. The summed E-state index contributed by atoms with van der Waals surface area (Å²) >= 11 is 5.99. The van der Waals surface area contributed by atoms with Gasteiger partial charge in [0.1, 0.15) is 34.2 Å².